The van der Waals surface area contributed by atoms with Gasteiger partial charge in [0.1, 0.15) is 0 Å². The Morgan fingerprint density at radius 3 is 2.71 bits per heavy atom. The molecular formula is C20H29N5O2S. The Labute approximate surface area is 170 Å². The summed E-state index contributed by atoms with van der Waals surface area (Å²) in [6.45, 7) is 8.66. The van der Waals surface area contributed by atoms with Gasteiger partial charge in [0.25, 0.3) is 0 Å². The van der Waals surface area contributed by atoms with Gasteiger partial charge >= 0.3 is 0 Å². The number of aromatic nitrogens is 1. The van der Waals surface area contributed by atoms with Crippen molar-refractivity contribution in [2.75, 3.05) is 50.9 Å². The fraction of sp³-hybridized carbons (Fsp3) is 0.500. The highest BCUT2D eigenvalue weighted by molar-refractivity contribution is 7.13. The number of thiazole rings is 1. The first-order valence-corrected chi connectivity index (χ1v) is 10.6. The predicted octanol–water partition coefficient (Wildman–Crippen LogP) is 2.33. The van der Waals surface area contributed by atoms with Crippen LogP contribution < -0.4 is 10.6 Å². The molecule has 0 radical (unpaired) electrons. The maximum absolute atomic E-state index is 6.23. The topological polar surface area (TPSA) is 76.2 Å². The van der Waals surface area contributed by atoms with Gasteiger partial charge in [0.05, 0.1) is 26.4 Å². The van der Waals surface area contributed by atoms with Crippen molar-refractivity contribution in [3.05, 3.63) is 47.0 Å². The second-order valence-corrected chi connectivity index (χ2v) is 7.41. The Hall–Kier alpha value is -2.16. The molecule has 28 heavy (non-hydrogen) atoms. The van der Waals surface area contributed by atoms with Gasteiger partial charge in [-0.25, -0.2) is 9.98 Å². The molecule has 0 unspecified atom stereocenters. The number of anilines is 1. The van der Waals surface area contributed by atoms with E-state index in [2.05, 4.69) is 38.0 Å². The molecule has 0 atom stereocenters. The van der Waals surface area contributed by atoms with E-state index in [1.807, 2.05) is 24.6 Å². The van der Waals surface area contributed by atoms with Gasteiger partial charge in [-0.15, -0.1) is 11.3 Å². The van der Waals surface area contributed by atoms with E-state index in [0.717, 1.165) is 49.0 Å². The molecule has 2 aromatic rings. The Morgan fingerprint density at radius 1 is 1.18 bits per heavy atom. The number of ether oxygens (including phenoxy) is 2. The monoisotopic (exact) mass is 403 g/mol. The van der Waals surface area contributed by atoms with E-state index >= 15 is 0 Å². The standard InChI is InChI=1S/C20H29N5O2S/c1-2-26-11-12-27-16-18-5-3-4-17(14-18)15-23-19(21)24-7-9-25(10-8-24)20-22-6-13-28-20/h3-6,13-14H,2,7-12,15-16H2,1H3,(H2,21,23). The van der Waals surface area contributed by atoms with E-state index in [4.69, 9.17) is 15.2 Å². The molecule has 1 aromatic carbocycles. The van der Waals surface area contributed by atoms with Gasteiger partial charge < -0.3 is 25.0 Å². The lowest BCUT2D eigenvalue weighted by Gasteiger charge is -2.35. The maximum atomic E-state index is 6.23. The van der Waals surface area contributed by atoms with Crippen LogP contribution in [0.2, 0.25) is 0 Å². The van der Waals surface area contributed by atoms with Crippen LogP contribution in [0.5, 0.6) is 0 Å². The summed E-state index contributed by atoms with van der Waals surface area (Å²) in [5.41, 5.74) is 8.50. The lowest BCUT2D eigenvalue weighted by Crippen LogP contribution is -2.51. The summed E-state index contributed by atoms with van der Waals surface area (Å²) in [5, 5.41) is 3.09. The van der Waals surface area contributed by atoms with Gasteiger partial charge in [-0.3, -0.25) is 0 Å². The lowest BCUT2D eigenvalue weighted by atomic mass is 10.1. The first-order chi connectivity index (χ1) is 13.8. The first-order valence-electron chi connectivity index (χ1n) is 9.69. The van der Waals surface area contributed by atoms with Gasteiger partial charge in [0.15, 0.2) is 11.1 Å². The zero-order valence-corrected chi connectivity index (χ0v) is 17.2. The number of nitrogens with zero attached hydrogens (tertiary/aromatic N) is 4. The summed E-state index contributed by atoms with van der Waals surface area (Å²) < 4.78 is 10.9. The van der Waals surface area contributed by atoms with Gasteiger partial charge in [-0.2, -0.15) is 0 Å². The first kappa shape index (κ1) is 20.6. The summed E-state index contributed by atoms with van der Waals surface area (Å²) >= 11 is 1.67. The fourth-order valence-corrected chi connectivity index (χ4v) is 3.74. The van der Waals surface area contributed by atoms with Crippen LogP contribution >= 0.6 is 11.3 Å². The summed E-state index contributed by atoms with van der Waals surface area (Å²) in [4.78, 5) is 13.4. The predicted molar refractivity (Wildman–Crippen MR) is 114 cm³/mol. The van der Waals surface area contributed by atoms with Crippen molar-refractivity contribution in [1.29, 1.82) is 0 Å². The van der Waals surface area contributed by atoms with Crippen molar-refractivity contribution in [2.24, 2.45) is 10.7 Å². The van der Waals surface area contributed by atoms with Gasteiger partial charge in [0.2, 0.25) is 0 Å². The fourth-order valence-electron chi connectivity index (χ4n) is 3.04. The molecule has 8 heteroatoms. The van der Waals surface area contributed by atoms with E-state index in [-0.39, 0.29) is 0 Å². The van der Waals surface area contributed by atoms with Crippen LogP contribution in [0.25, 0.3) is 0 Å². The Bertz CT molecular complexity index is 730. The number of rotatable bonds is 9. The van der Waals surface area contributed by atoms with Crippen molar-refractivity contribution in [2.45, 2.75) is 20.1 Å². The molecule has 0 amide bonds. The molecule has 2 N–H and O–H groups in total. The highest BCUT2D eigenvalue weighted by atomic mass is 32.1. The minimum absolute atomic E-state index is 0.575. The van der Waals surface area contributed by atoms with Crippen LogP contribution in [0.4, 0.5) is 5.13 Å². The van der Waals surface area contributed by atoms with Crippen LogP contribution in [-0.2, 0) is 22.6 Å². The molecule has 7 nitrogen and oxygen atoms in total. The average molecular weight is 404 g/mol. The quantitative estimate of drug-likeness (QED) is 0.393. The molecule has 3 rings (SSSR count). The Kier molecular flexibility index (Phi) is 8.07. The van der Waals surface area contributed by atoms with Crippen molar-refractivity contribution in [3.63, 3.8) is 0 Å². The van der Waals surface area contributed by atoms with Crippen LogP contribution in [0, 0.1) is 0 Å². The van der Waals surface area contributed by atoms with Gasteiger partial charge in [-0.1, -0.05) is 24.3 Å². The highest BCUT2D eigenvalue weighted by Gasteiger charge is 2.19. The van der Waals surface area contributed by atoms with Crippen molar-refractivity contribution in [1.82, 2.24) is 9.88 Å². The number of nitrogens with two attached hydrogens (primary N) is 1. The van der Waals surface area contributed by atoms with Crippen molar-refractivity contribution >= 4 is 22.4 Å². The highest BCUT2D eigenvalue weighted by Crippen LogP contribution is 2.18. The molecule has 0 bridgehead atoms. The van der Waals surface area contributed by atoms with Gasteiger partial charge in [-0.05, 0) is 18.1 Å². The molecule has 1 aromatic heterocycles. The van der Waals surface area contributed by atoms with Gasteiger partial charge in [0, 0.05) is 44.4 Å². The number of guanidine groups is 1. The molecule has 2 heterocycles. The number of benzene rings is 1. The molecule has 1 aliphatic rings. The molecule has 0 saturated carbocycles. The van der Waals surface area contributed by atoms with Crippen LogP contribution in [-0.4, -0.2) is 61.8 Å². The van der Waals surface area contributed by atoms with Crippen molar-refractivity contribution < 1.29 is 9.47 Å². The molecular weight excluding hydrogens is 374 g/mol. The third-order valence-electron chi connectivity index (χ3n) is 4.55. The summed E-state index contributed by atoms with van der Waals surface area (Å²) in [5.74, 6) is 0.608. The number of piperazine rings is 1. The maximum Gasteiger partial charge on any atom is 0.191 e. The molecule has 0 spiro atoms. The Morgan fingerprint density at radius 2 is 1.96 bits per heavy atom. The number of aliphatic imine (C=N–C) groups is 1. The third kappa shape index (κ3) is 6.19. The van der Waals surface area contributed by atoms with E-state index < -0.39 is 0 Å². The summed E-state index contributed by atoms with van der Waals surface area (Å²) in [6, 6.07) is 8.29. The van der Waals surface area contributed by atoms with E-state index in [1.165, 1.54) is 0 Å². The third-order valence-corrected chi connectivity index (χ3v) is 5.39. The molecule has 152 valence electrons. The average Bonchev–Trinajstić information content (AvgIpc) is 3.27. The number of hydrogen-bond donors (Lipinski definition) is 1. The van der Waals surface area contributed by atoms with E-state index in [9.17, 15) is 0 Å². The van der Waals surface area contributed by atoms with Crippen LogP contribution in [0.3, 0.4) is 0 Å². The summed E-state index contributed by atoms with van der Waals surface area (Å²) in [7, 11) is 0. The second kappa shape index (κ2) is 11.0. The normalized spacial score (nSPS) is 15.2. The van der Waals surface area contributed by atoms with Crippen LogP contribution in [0.15, 0.2) is 40.8 Å². The zero-order valence-electron chi connectivity index (χ0n) is 16.4. The lowest BCUT2D eigenvalue weighted by molar-refractivity contribution is 0.0453. The summed E-state index contributed by atoms with van der Waals surface area (Å²) in [6.07, 6.45) is 1.85. The van der Waals surface area contributed by atoms with Crippen molar-refractivity contribution in [3.8, 4) is 0 Å². The SMILES string of the molecule is CCOCCOCc1cccc(CN=C(N)N2CCN(c3nccs3)CC2)c1. The molecule has 1 fully saturated rings. The number of hydrogen-bond acceptors (Lipinski definition) is 6. The Balaban J connectivity index is 1.45. The molecule has 1 saturated heterocycles. The second-order valence-electron chi connectivity index (χ2n) is 6.53. The largest absolute Gasteiger partial charge is 0.379 e. The minimum Gasteiger partial charge on any atom is -0.379 e. The smallest absolute Gasteiger partial charge is 0.191 e. The molecule has 0 aliphatic carbocycles. The van der Waals surface area contributed by atoms with E-state index in [1.54, 1.807) is 11.3 Å². The minimum atomic E-state index is 0.575. The van der Waals surface area contributed by atoms with E-state index in [0.29, 0.717) is 32.3 Å². The van der Waals surface area contributed by atoms with Crippen LogP contribution in [0.1, 0.15) is 18.1 Å². The zero-order chi connectivity index (χ0) is 19.6. The molecule has 1 aliphatic heterocycles.